The fourth-order valence-corrected chi connectivity index (χ4v) is 3.48. The number of nitro benzene ring substituents is 2. The molecular weight excluding hydrogens is 530 g/mol. The van der Waals surface area contributed by atoms with Crippen LogP contribution in [-0.4, -0.2) is 64.1 Å². The zero-order chi connectivity index (χ0) is 30.7. The molecule has 3 atom stereocenters. The number of hydrogen-bond donors (Lipinski definition) is 5. The van der Waals surface area contributed by atoms with Gasteiger partial charge >= 0.3 is 0 Å². The largest absolute Gasteiger partial charge is 0.345 e. The maximum Gasteiger partial charge on any atom is 0.277 e. The van der Waals surface area contributed by atoms with Crippen molar-refractivity contribution in [2.75, 3.05) is 6.54 Å². The van der Waals surface area contributed by atoms with Gasteiger partial charge in [-0.1, -0.05) is 27.7 Å². The molecular formula is C24H35N7O9. The fourth-order valence-electron chi connectivity index (χ4n) is 3.48. The van der Waals surface area contributed by atoms with Crippen LogP contribution in [-0.2, 0) is 19.2 Å². The third-order valence-corrected chi connectivity index (χ3v) is 5.42. The van der Waals surface area contributed by atoms with Crippen molar-refractivity contribution in [2.24, 2.45) is 17.6 Å². The Hall–Kier alpha value is -4.47. The van der Waals surface area contributed by atoms with Crippen LogP contribution in [0.15, 0.2) is 18.2 Å². The van der Waals surface area contributed by atoms with E-state index in [0.29, 0.717) is 12.5 Å². The number of nitrogens with zero attached hydrogens (tertiary/aromatic N) is 2. The Labute approximate surface area is 230 Å². The Kier molecular flexibility index (Phi) is 12.8. The number of rotatable bonds is 14. The number of nitrogens with two attached hydrogens (primary N) is 1. The average Bonchev–Trinajstić information content (AvgIpc) is 2.85. The molecule has 16 heteroatoms. The number of imide groups is 1. The van der Waals surface area contributed by atoms with E-state index in [1.165, 1.54) is 6.92 Å². The number of benzene rings is 1. The molecule has 0 fully saturated rings. The van der Waals surface area contributed by atoms with Gasteiger partial charge in [0, 0.05) is 12.1 Å². The standard InChI is InChI=1S/C24H35N7O9/c1-12(2)6-18(25)23(35)28-19(7-13(3)4)24(36)27-14(5)21(33)26-11-20(32)29-22(34)15-8-16(30(37)38)10-17(9-15)31(39)40/h8-10,12-14,18-19H,6-7,11,25H2,1-5H3,(H,26,33)(H,27,36)(H,28,35)(H,29,32,34)/t14-,18-,19-/m0/s1. The van der Waals surface area contributed by atoms with Crippen LogP contribution in [0, 0.1) is 32.1 Å². The second-order valence-electron chi connectivity index (χ2n) is 10.0. The highest BCUT2D eigenvalue weighted by Gasteiger charge is 2.28. The highest BCUT2D eigenvalue weighted by molar-refractivity contribution is 6.06. The van der Waals surface area contributed by atoms with E-state index in [4.69, 9.17) is 5.73 Å². The molecule has 1 aromatic carbocycles. The summed E-state index contributed by atoms with van der Waals surface area (Å²) in [6, 6.07) is -0.724. The van der Waals surface area contributed by atoms with Gasteiger partial charge in [-0.15, -0.1) is 0 Å². The maximum atomic E-state index is 12.8. The second kappa shape index (κ2) is 15.2. The zero-order valence-corrected chi connectivity index (χ0v) is 22.9. The van der Waals surface area contributed by atoms with Gasteiger partial charge in [-0.25, -0.2) is 0 Å². The lowest BCUT2D eigenvalue weighted by atomic mass is 10.0. The Bertz CT molecular complexity index is 1120. The van der Waals surface area contributed by atoms with Crippen LogP contribution in [0.3, 0.4) is 0 Å². The lowest BCUT2D eigenvalue weighted by Gasteiger charge is -2.24. The number of carbonyl (C=O) groups excluding carboxylic acids is 5. The molecule has 5 amide bonds. The van der Waals surface area contributed by atoms with Crippen molar-refractivity contribution < 1.29 is 33.8 Å². The third-order valence-electron chi connectivity index (χ3n) is 5.42. The Morgan fingerprint density at radius 2 is 1.32 bits per heavy atom. The predicted octanol–water partition coefficient (Wildman–Crippen LogP) is 0.285. The number of nitro groups is 2. The molecule has 0 aliphatic heterocycles. The van der Waals surface area contributed by atoms with E-state index in [1.807, 2.05) is 33.0 Å². The molecule has 0 aliphatic carbocycles. The first kappa shape index (κ1) is 33.6. The van der Waals surface area contributed by atoms with Crippen LogP contribution in [0.4, 0.5) is 11.4 Å². The molecule has 220 valence electrons. The summed E-state index contributed by atoms with van der Waals surface area (Å²) in [6.45, 7) is 8.14. The number of hydrogen-bond acceptors (Lipinski definition) is 10. The van der Waals surface area contributed by atoms with Crippen molar-refractivity contribution in [3.8, 4) is 0 Å². The lowest BCUT2D eigenvalue weighted by Crippen LogP contribution is -2.56. The normalized spacial score (nSPS) is 13.1. The van der Waals surface area contributed by atoms with Crippen LogP contribution < -0.4 is 27.0 Å². The third kappa shape index (κ3) is 11.1. The van der Waals surface area contributed by atoms with E-state index in [1.54, 1.807) is 0 Å². The minimum Gasteiger partial charge on any atom is -0.345 e. The van der Waals surface area contributed by atoms with Gasteiger partial charge in [-0.3, -0.25) is 49.5 Å². The molecule has 0 aliphatic rings. The summed E-state index contributed by atoms with van der Waals surface area (Å²) < 4.78 is 0. The van der Waals surface area contributed by atoms with Crippen molar-refractivity contribution in [2.45, 2.75) is 65.6 Å². The molecule has 1 rings (SSSR count). The molecule has 0 unspecified atom stereocenters. The minimum absolute atomic E-state index is 0.0234. The SMILES string of the molecule is CC(C)C[C@H](NC(=O)[C@@H](N)CC(C)C)C(=O)N[C@@H](C)C(=O)NCC(=O)NC(=O)c1cc([N+](=O)[O-])cc([N+](=O)[O-])c1. The van der Waals surface area contributed by atoms with Gasteiger partial charge in [0.05, 0.1) is 34.1 Å². The van der Waals surface area contributed by atoms with Crippen molar-refractivity contribution in [3.63, 3.8) is 0 Å². The van der Waals surface area contributed by atoms with E-state index in [2.05, 4.69) is 16.0 Å². The Morgan fingerprint density at radius 1 is 0.800 bits per heavy atom. The van der Waals surface area contributed by atoms with Crippen molar-refractivity contribution in [1.82, 2.24) is 21.3 Å². The molecule has 0 aromatic heterocycles. The van der Waals surface area contributed by atoms with E-state index in [9.17, 15) is 44.2 Å². The number of non-ortho nitro benzene ring substituents is 2. The van der Waals surface area contributed by atoms with Gasteiger partial charge in [0.15, 0.2) is 0 Å². The first-order valence-corrected chi connectivity index (χ1v) is 12.4. The fraction of sp³-hybridized carbons (Fsp3) is 0.542. The number of nitrogens with one attached hydrogen (secondary N) is 4. The van der Waals surface area contributed by atoms with Gasteiger partial charge in [0.2, 0.25) is 23.6 Å². The van der Waals surface area contributed by atoms with Gasteiger partial charge in [-0.05, 0) is 31.6 Å². The highest BCUT2D eigenvalue weighted by atomic mass is 16.6. The molecule has 0 saturated heterocycles. The summed E-state index contributed by atoms with van der Waals surface area (Å²) in [5.74, 6) is -3.90. The van der Waals surface area contributed by atoms with Gasteiger partial charge in [0.25, 0.3) is 17.3 Å². The zero-order valence-electron chi connectivity index (χ0n) is 22.9. The quantitative estimate of drug-likeness (QED) is 0.152. The first-order valence-electron chi connectivity index (χ1n) is 12.4. The van der Waals surface area contributed by atoms with E-state index in [-0.39, 0.29) is 18.3 Å². The molecule has 0 bridgehead atoms. The van der Waals surface area contributed by atoms with Crippen molar-refractivity contribution in [3.05, 3.63) is 44.0 Å². The molecule has 0 saturated carbocycles. The number of carbonyl (C=O) groups is 5. The van der Waals surface area contributed by atoms with Crippen molar-refractivity contribution >= 4 is 40.9 Å². The van der Waals surface area contributed by atoms with Crippen LogP contribution in [0.25, 0.3) is 0 Å². The van der Waals surface area contributed by atoms with Crippen LogP contribution in [0.2, 0.25) is 0 Å². The monoisotopic (exact) mass is 565 g/mol. The van der Waals surface area contributed by atoms with Crippen LogP contribution >= 0.6 is 0 Å². The van der Waals surface area contributed by atoms with Crippen LogP contribution in [0.1, 0.15) is 57.8 Å². The smallest absolute Gasteiger partial charge is 0.277 e. The van der Waals surface area contributed by atoms with E-state index < -0.39 is 81.0 Å². The maximum absolute atomic E-state index is 12.8. The van der Waals surface area contributed by atoms with Crippen LogP contribution in [0.5, 0.6) is 0 Å². The van der Waals surface area contributed by atoms with E-state index >= 15 is 0 Å². The topological polar surface area (TPSA) is 246 Å². The summed E-state index contributed by atoms with van der Waals surface area (Å²) in [5, 5.41) is 31.1. The van der Waals surface area contributed by atoms with Gasteiger partial charge < -0.3 is 21.7 Å². The Morgan fingerprint density at radius 3 is 1.80 bits per heavy atom. The molecule has 0 radical (unpaired) electrons. The molecule has 0 heterocycles. The lowest BCUT2D eigenvalue weighted by molar-refractivity contribution is -0.394. The Balaban J connectivity index is 2.74. The minimum atomic E-state index is -1.16. The van der Waals surface area contributed by atoms with Gasteiger partial charge in [0.1, 0.15) is 12.1 Å². The molecule has 40 heavy (non-hydrogen) atoms. The van der Waals surface area contributed by atoms with Gasteiger partial charge in [-0.2, -0.15) is 0 Å². The van der Waals surface area contributed by atoms with Crippen molar-refractivity contribution in [1.29, 1.82) is 0 Å². The summed E-state index contributed by atoms with van der Waals surface area (Å²) in [6.07, 6.45) is 0.698. The number of amides is 5. The first-order chi connectivity index (χ1) is 18.5. The molecule has 0 spiro atoms. The molecule has 1 aromatic rings. The summed E-state index contributed by atoms with van der Waals surface area (Å²) in [7, 11) is 0. The predicted molar refractivity (Wildman–Crippen MR) is 142 cm³/mol. The second-order valence-corrected chi connectivity index (χ2v) is 10.0. The molecule has 16 nitrogen and oxygen atoms in total. The molecule has 6 N–H and O–H groups in total. The summed E-state index contributed by atoms with van der Waals surface area (Å²) in [5.41, 5.74) is 3.94. The van der Waals surface area contributed by atoms with E-state index in [0.717, 1.165) is 12.1 Å². The summed E-state index contributed by atoms with van der Waals surface area (Å²) in [4.78, 5) is 82.2. The summed E-state index contributed by atoms with van der Waals surface area (Å²) >= 11 is 0. The highest BCUT2D eigenvalue weighted by Crippen LogP contribution is 2.22. The average molecular weight is 566 g/mol.